The summed E-state index contributed by atoms with van der Waals surface area (Å²) in [4.78, 5) is 0. The van der Waals surface area contributed by atoms with Gasteiger partial charge in [0.05, 0.1) is 0 Å². The van der Waals surface area contributed by atoms with E-state index in [-0.39, 0.29) is 0 Å². The molecular weight excluding hydrogens is 262 g/mol. The average molecular weight is 292 g/mol. The van der Waals surface area contributed by atoms with Crippen molar-refractivity contribution in [3.63, 3.8) is 0 Å². The lowest BCUT2D eigenvalue weighted by atomic mass is 9.96. The van der Waals surface area contributed by atoms with E-state index in [0.29, 0.717) is 6.04 Å². The fourth-order valence-corrected chi connectivity index (χ4v) is 4.63. The molecule has 112 valence electrons. The van der Waals surface area contributed by atoms with Gasteiger partial charge in [0.2, 0.25) is 0 Å². The van der Waals surface area contributed by atoms with Crippen LogP contribution in [0, 0.1) is 20.8 Å². The molecule has 0 spiro atoms. The second kappa shape index (κ2) is 7.51. The van der Waals surface area contributed by atoms with Crippen LogP contribution in [0.5, 0.6) is 0 Å². The standard InChI is InChI=1S/C18H29NS/c1-13-10-15(3)17(11-14(13)2)18(19-4)12-20-16-8-6-5-7-9-16/h10-11,16,18-19H,5-9,12H2,1-4H3. The highest BCUT2D eigenvalue weighted by Gasteiger charge is 2.18. The van der Waals surface area contributed by atoms with Gasteiger partial charge in [-0.2, -0.15) is 11.8 Å². The summed E-state index contributed by atoms with van der Waals surface area (Å²) in [6.07, 6.45) is 7.16. The third kappa shape index (κ3) is 4.02. The third-order valence-electron chi connectivity index (χ3n) is 4.66. The number of rotatable bonds is 5. The molecule has 1 aromatic rings. The van der Waals surface area contributed by atoms with Gasteiger partial charge < -0.3 is 5.32 Å². The molecule has 0 saturated heterocycles. The Morgan fingerprint density at radius 1 is 1.05 bits per heavy atom. The minimum Gasteiger partial charge on any atom is -0.312 e. The smallest absolute Gasteiger partial charge is 0.0412 e. The van der Waals surface area contributed by atoms with E-state index in [1.807, 2.05) is 0 Å². The minimum atomic E-state index is 0.487. The normalized spacial score (nSPS) is 18.2. The summed E-state index contributed by atoms with van der Waals surface area (Å²) in [5, 5.41) is 4.42. The van der Waals surface area contributed by atoms with Crippen molar-refractivity contribution >= 4 is 11.8 Å². The lowest BCUT2D eigenvalue weighted by molar-refractivity contribution is 0.514. The molecule has 1 atom stereocenters. The third-order valence-corrected chi connectivity index (χ3v) is 6.13. The summed E-state index contributed by atoms with van der Waals surface area (Å²) < 4.78 is 0. The van der Waals surface area contributed by atoms with E-state index in [0.717, 1.165) is 5.25 Å². The number of nitrogens with one attached hydrogen (secondary N) is 1. The van der Waals surface area contributed by atoms with Gasteiger partial charge in [-0.3, -0.25) is 0 Å². The first-order valence-corrected chi connectivity index (χ1v) is 9.03. The lowest BCUT2D eigenvalue weighted by Crippen LogP contribution is -2.22. The lowest BCUT2D eigenvalue weighted by Gasteiger charge is -2.25. The van der Waals surface area contributed by atoms with Crippen molar-refractivity contribution in [2.24, 2.45) is 0 Å². The van der Waals surface area contributed by atoms with Crippen molar-refractivity contribution in [3.05, 3.63) is 34.4 Å². The van der Waals surface area contributed by atoms with Crippen LogP contribution in [0.15, 0.2) is 12.1 Å². The predicted molar refractivity (Wildman–Crippen MR) is 91.8 cm³/mol. The van der Waals surface area contributed by atoms with Crippen LogP contribution in [0.3, 0.4) is 0 Å². The summed E-state index contributed by atoms with van der Waals surface area (Å²) in [6.45, 7) is 6.67. The first kappa shape index (κ1) is 15.9. The van der Waals surface area contributed by atoms with E-state index in [1.54, 1.807) is 0 Å². The summed E-state index contributed by atoms with van der Waals surface area (Å²) in [5.74, 6) is 1.20. The molecule has 0 aromatic heterocycles. The van der Waals surface area contributed by atoms with Crippen LogP contribution in [-0.4, -0.2) is 18.1 Å². The van der Waals surface area contributed by atoms with Gasteiger partial charge in [0, 0.05) is 17.0 Å². The number of benzene rings is 1. The molecule has 1 saturated carbocycles. The summed E-state index contributed by atoms with van der Waals surface area (Å²) in [6, 6.07) is 5.20. The van der Waals surface area contributed by atoms with E-state index < -0.39 is 0 Å². The molecule has 20 heavy (non-hydrogen) atoms. The Labute approximate surface area is 128 Å². The second-order valence-electron chi connectivity index (χ2n) is 6.23. The van der Waals surface area contributed by atoms with Gasteiger partial charge in [-0.25, -0.2) is 0 Å². The Morgan fingerprint density at radius 3 is 2.35 bits per heavy atom. The van der Waals surface area contributed by atoms with Crippen molar-refractivity contribution < 1.29 is 0 Å². The summed E-state index contributed by atoms with van der Waals surface area (Å²) in [7, 11) is 2.10. The van der Waals surface area contributed by atoms with Gasteiger partial charge in [0.25, 0.3) is 0 Å². The van der Waals surface area contributed by atoms with Gasteiger partial charge in [-0.15, -0.1) is 0 Å². The van der Waals surface area contributed by atoms with E-state index in [4.69, 9.17) is 0 Å². The molecule has 0 bridgehead atoms. The maximum absolute atomic E-state index is 3.52. The highest BCUT2D eigenvalue weighted by Crippen LogP contribution is 2.32. The quantitative estimate of drug-likeness (QED) is 0.825. The maximum Gasteiger partial charge on any atom is 0.0412 e. The molecule has 0 radical (unpaired) electrons. The fourth-order valence-electron chi connectivity index (χ4n) is 3.15. The monoisotopic (exact) mass is 291 g/mol. The molecular formula is C18H29NS. The molecule has 0 amide bonds. The van der Waals surface area contributed by atoms with E-state index in [9.17, 15) is 0 Å². The highest BCUT2D eigenvalue weighted by molar-refractivity contribution is 7.99. The Kier molecular flexibility index (Phi) is 5.98. The van der Waals surface area contributed by atoms with Crippen molar-refractivity contribution in [1.29, 1.82) is 0 Å². The highest BCUT2D eigenvalue weighted by atomic mass is 32.2. The average Bonchev–Trinajstić information content (AvgIpc) is 2.46. The molecule has 1 unspecified atom stereocenters. The minimum absolute atomic E-state index is 0.487. The Morgan fingerprint density at radius 2 is 1.70 bits per heavy atom. The topological polar surface area (TPSA) is 12.0 Å². The van der Waals surface area contributed by atoms with Crippen molar-refractivity contribution in [2.45, 2.75) is 64.2 Å². The summed E-state index contributed by atoms with van der Waals surface area (Å²) >= 11 is 2.18. The zero-order valence-corrected chi connectivity index (χ0v) is 14.3. The molecule has 1 aliphatic rings. The number of thioether (sulfide) groups is 1. The molecule has 1 aliphatic carbocycles. The molecule has 1 aromatic carbocycles. The van der Waals surface area contributed by atoms with Crippen molar-refractivity contribution in [2.75, 3.05) is 12.8 Å². The first-order chi connectivity index (χ1) is 9.61. The Balaban J connectivity index is 2.02. The van der Waals surface area contributed by atoms with Crippen LogP contribution >= 0.6 is 11.8 Å². The summed E-state index contributed by atoms with van der Waals surface area (Å²) in [5.41, 5.74) is 5.73. The van der Waals surface area contributed by atoms with Gasteiger partial charge in [0.15, 0.2) is 0 Å². The number of hydrogen-bond acceptors (Lipinski definition) is 2. The van der Waals surface area contributed by atoms with Gasteiger partial charge in [-0.05, 0) is 62.9 Å². The van der Waals surface area contributed by atoms with Crippen LogP contribution in [-0.2, 0) is 0 Å². The van der Waals surface area contributed by atoms with Gasteiger partial charge in [0.1, 0.15) is 0 Å². The molecule has 2 heteroatoms. The Bertz CT molecular complexity index is 435. The largest absolute Gasteiger partial charge is 0.312 e. The number of hydrogen-bond donors (Lipinski definition) is 1. The van der Waals surface area contributed by atoms with E-state index >= 15 is 0 Å². The Hall–Kier alpha value is -0.470. The van der Waals surface area contributed by atoms with Crippen LogP contribution in [0.4, 0.5) is 0 Å². The van der Waals surface area contributed by atoms with Gasteiger partial charge >= 0.3 is 0 Å². The molecule has 1 N–H and O–H groups in total. The first-order valence-electron chi connectivity index (χ1n) is 7.98. The zero-order valence-electron chi connectivity index (χ0n) is 13.5. The molecule has 1 nitrogen and oxygen atoms in total. The number of aryl methyl sites for hydroxylation is 3. The SMILES string of the molecule is CNC(CSC1CCCCC1)c1cc(C)c(C)cc1C. The fraction of sp³-hybridized carbons (Fsp3) is 0.667. The molecule has 0 aliphatic heterocycles. The molecule has 2 rings (SSSR count). The zero-order chi connectivity index (χ0) is 14.5. The van der Waals surface area contributed by atoms with Crippen LogP contribution < -0.4 is 5.32 Å². The maximum atomic E-state index is 3.52. The van der Waals surface area contributed by atoms with Crippen LogP contribution in [0.25, 0.3) is 0 Å². The van der Waals surface area contributed by atoms with E-state index in [2.05, 4.69) is 57.0 Å². The van der Waals surface area contributed by atoms with Crippen molar-refractivity contribution in [1.82, 2.24) is 5.32 Å². The second-order valence-corrected chi connectivity index (χ2v) is 7.56. The van der Waals surface area contributed by atoms with Gasteiger partial charge in [-0.1, -0.05) is 31.4 Å². The molecule has 0 heterocycles. The van der Waals surface area contributed by atoms with Crippen LogP contribution in [0.1, 0.15) is 60.4 Å². The van der Waals surface area contributed by atoms with Crippen molar-refractivity contribution in [3.8, 4) is 0 Å². The molecule has 1 fully saturated rings. The predicted octanol–water partition coefficient (Wildman–Crippen LogP) is 4.94. The van der Waals surface area contributed by atoms with E-state index in [1.165, 1.54) is 60.1 Å². The van der Waals surface area contributed by atoms with Crippen LogP contribution in [0.2, 0.25) is 0 Å².